The number of amides is 3. The first-order valence-corrected chi connectivity index (χ1v) is 7.79. The van der Waals surface area contributed by atoms with Crippen LogP contribution in [0.25, 0.3) is 0 Å². The zero-order chi connectivity index (χ0) is 17.4. The highest BCUT2D eigenvalue weighted by atomic mass is 35.5. The number of carbonyl (C=O) groups is 2. The molecule has 3 amide bonds. The van der Waals surface area contributed by atoms with Crippen LogP contribution in [0, 0.1) is 0 Å². The standard InChI is InChI=1S/C17H19ClN4O2/c1-19-17(24)21-11-16(23)22-13-7-8-15(14(18)9-13)20-10-12-5-3-2-4-6-12/h2-9,20H,10-11H2,1H3,(H,22,23)(H2,19,21,24). The van der Waals surface area contributed by atoms with Crippen molar-refractivity contribution in [2.75, 3.05) is 24.2 Å². The van der Waals surface area contributed by atoms with E-state index in [0.717, 1.165) is 11.3 Å². The third-order valence-electron chi connectivity index (χ3n) is 3.22. The molecule has 0 spiro atoms. The molecule has 0 saturated carbocycles. The molecule has 0 atom stereocenters. The molecule has 0 unspecified atom stereocenters. The van der Waals surface area contributed by atoms with Crippen LogP contribution in [0.15, 0.2) is 48.5 Å². The van der Waals surface area contributed by atoms with Crippen molar-refractivity contribution in [3.8, 4) is 0 Å². The normalized spacial score (nSPS) is 9.92. The maximum Gasteiger partial charge on any atom is 0.314 e. The van der Waals surface area contributed by atoms with Gasteiger partial charge in [0.15, 0.2) is 0 Å². The van der Waals surface area contributed by atoms with Gasteiger partial charge in [0.2, 0.25) is 5.91 Å². The Morgan fingerprint density at radius 1 is 1.08 bits per heavy atom. The average Bonchev–Trinajstić information content (AvgIpc) is 2.60. The van der Waals surface area contributed by atoms with E-state index in [9.17, 15) is 9.59 Å². The fraction of sp³-hybridized carbons (Fsp3) is 0.176. The number of carbonyl (C=O) groups excluding carboxylic acids is 2. The summed E-state index contributed by atoms with van der Waals surface area (Å²) in [6.45, 7) is 0.535. The third-order valence-corrected chi connectivity index (χ3v) is 3.53. The number of benzene rings is 2. The lowest BCUT2D eigenvalue weighted by atomic mass is 10.2. The Kier molecular flexibility index (Phi) is 6.45. The van der Waals surface area contributed by atoms with Gasteiger partial charge in [0, 0.05) is 19.3 Å². The molecule has 2 aromatic rings. The third kappa shape index (κ3) is 5.48. The molecule has 0 saturated heterocycles. The van der Waals surface area contributed by atoms with Crippen molar-refractivity contribution in [3.63, 3.8) is 0 Å². The van der Waals surface area contributed by atoms with Crippen molar-refractivity contribution in [2.24, 2.45) is 0 Å². The highest BCUT2D eigenvalue weighted by Gasteiger charge is 2.07. The van der Waals surface area contributed by atoms with Crippen LogP contribution in [-0.2, 0) is 11.3 Å². The van der Waals surface area contributed by atoms with Gasteiger partial charge < -0.3 is 21.3 Å². The Morgan fingerprint density at radius 3 is 2.50 bits per heavy atom. The molecule has 0 radical (unpaired) electrons. The minimum atomic E-state index is -0.413. The summed E-state index contributed by atoms with van der Waals surface area (Å²) in [6.07, 6.45) is 0. The first kappa shape index (κ1) is 17.6. The van der Waals surface area contributed by atoms with Crippen LogP contribution in [0.2, 0.25) is 5.02 Å². The summed E-state index contributed by atoms with van der Waals surface area (Å²) in [5.74, 6) is -0.334. The smallest absolute Gasteiger partial charge is 0.314 e. The summed E-state index contributed by atoms with van der Waals surface area (Å²) in [7, 11) is 1.48. The molecule has 6 nitrogen and oxygen atoms in total. The minimum Gasteiger partial charge on any atom is -0.380 e. The van der Waals surface area contributed by atoms with E-state index in [0.29, 0.717) is 17.3 Å². The van der Waals surface area contributed by atoms with Crippen molar-refractivity contribution in [2.45, 2.75) is 6.54 Å². The van der Waals surface area contributed by atoms with Crippen LogP contribution >= 0.6 is 11.6 Å². The lowest BCUT2D eigenvalue weighted by molar-refractivity contribution is -0.115. The Labute approximate surface area is 145 Å². The summed E-state index contributed by atoms with van der Waals surface area (Å²) in [6, 6.07) is 14.8. The van der Waals surface area contributed by atoms with E-state index in [2.05, 4.69) is 21.3 Å². The first-order chi connectivity index (χ1) is 11.6. The summed E-state index contributed by atoms with van der Waals surface area (Å²) in [4.78, 5) is 22.8. The van der Waals surface area contributed by atoms with Gasteiger partial charge in [0.1, 0.15) is 0 Å². The number of rotatable bonds is 6. The van der Waals surface area contributed by atoms with Gasteiger partial charge in [-0.2, -0.15) is 0 Å². The summed E-state index contributed by atoms with van der Waals surface area (Å²) < 4.78 is 0. The maximum atomic E-state index is 11.7. The zero-order valence-electron chi connectivity index (χ0n) is 13.2. The zero-order valence-corrected chi connectivity index (χ0v) is 14.0. The number of halogens is 1. The molecule has 2 rings (SSSR count). The number of urea groups is 1. The van der Waals surface area contributed by atoms with Crippen LogP contribution in [0.5, 0.6) is 0 Å². The van der Waals surface area contributed by atoms with Crippen LogP contribution in [-0.4, -0.2) is 25.5 Å². The number of nitrogens with one attached hydrogen (secondary N) is 4. The Morgan fingerprint density at radius 2 is 1.83 bits per heavy atom. The molecular formula is C17H19ClN4O2. The molecule has 0 aromatic heterocycles. The van der Waals surface area contributed by atoms with Gasteiger partial charge in [-0.3, -0.25) is 4.79 Å². The lowest BCUT2D eigenvalue weighted by Crippen LogP contribution is -2.38. The van der Waals surface area contributed by atoms with Crippen LogP contribution in [0.1, 0.15) is 5.56 Å². The molecule has 0 bridgehead atoms. The number of anilines is 2. The van der Waals surface area contributed by atoms with Crippen LogP contribution < -0.4 is 21.3 Å². The predicted molar refractivity (Wildman–Crippen MR) is 96.3 cm³/mol. The van der Waals surface area contributed by atoms with E-state index < -0.39 is 6.03 Å². The Bertz CT molecular complexity index is 707. The van der Waals surface area contributed by atoms with Crippen molar-refractivity contribution in [1.29, 1.82) is 0 Å². The Balaban J connectivity index is 1.89. The second kappa shape index (κ2) is 8.79. The lowest BCUT2D eigenvalue weighted by Gasteiger charge is -2.11. The molecule has 2 aromatic carbocycles. The molecule has 0 heterocycles. The van der Waals surface area contributed by atoms with E-state index in [4.69, 9.17) is 11.6 Å². The van der Waals surface area contributed by atoms with Crippen molar-refractivity contribution >= 4 is 34.9 Å². The van der Waals surface area contributed by atoms with E-state index in [1.54, 1.807) is 18.2 Å². The van der Waals surface area contributed by atoms with Gasteiger partial charge in [-0.25, -0.2) is 4.79 Å². The molecule has 0 aliphatic heterocycles. The highest BCUT2D eigenvalue weighted by Crippen LogP contribution is 2.26. The minimum absolute atomic E-state index is 0.120. The molecule has 0 aliphatic rings. The number of hydrogen-bond acceptors (Lipinski definition) is 3. The van der Waals surface area contributed by atoms with Gasteiger partial charge in [0.05, 0.1) is 17.3 Å². The van der Waals surface area contributed by atoms with Gasteiger partial charge in [-0.1, -0.05) is 41.9 Å². The Hall–Kier alpha value is -2.73. The monoisotopic (exact) mass is 346 g/mol. The average molecular weight is 347 g/mol. The fourth-order valence-electron chi connectivity index (χ4n) is 1.98. The van der Waals surface area contributed by atoms with Crippen molar-refractivity contribution in [1.82, 2.24) is 10.6 Å². The molecular weight excluding hydrogens is 328 g/mol. The molecule has 24 heavy (non-hydrogen) atoms. The van der Waals surface area contributed by atoms with E-state index in [1.165, 1.54) is 7.05 Å². The van der Waals surface area contributed by atoms with Crippen molar-refractivity contribution < 1.29 is 9.59 Å². The topological polar surface area (TPSA) is 82.3 Å². The van der Waals surface area contributed by atoms with Crippen molar-refractivity contribution in [3.05, 3.63) is 59.1 Å². The summed E-state index contributed by atoms with van der Waals surface area (Å²) in [5, 5.41) is 11.2. The van der Waals surface area contributed by atoms with Crippen LogP contribution in [0.4, 0.5) is 16.2 Å². The quantitative estimate of drug-likeness (QED) is 0.649. The molecule has 126 valence electrons. The van der Waals surface area contributed by atoms with Gasteiger partial charge >= 0.3 is 6.03 Å². The second-order valence-corrected chi connectivity index (χ2v) is 5.42. The van der Waals surface area contributed by atoms with E-state index >= 15 is 0 Å². The molecule has 0 aliphatic carbocycles. The highest BCUT2D eigenvalue weighted by molar-refractivity contribution is 6.33. The van der Waals surface area contributed by atoms with E-state index in [-0.39, 0.29) is 12.5 Å². The molecule has 0 fully saturated rings. The van der Waals surface area contributed by atoms with E-state index in [1.807, 2.05) is 30.3 Å². The SMILES string of the molecule is CNC(=O)NCC(=O)Nc1ccc(NCc2ccccc2)c(Cl)c1. The first-order valence-electron chi connectivity index (χ1n) is 7.41. The van der Waals surface area contributed by atoms with Crippen LogP contribution in [0.3, 0.4) is 0 Å². The molecule has 7 heteroatoms. The largest absolute Gasteiger partial charge is 0.380 e. The number of hydrogen-bond donors (Lipinski definition) is 4. The predicted octanol–water partition coefficient (Wildman–Crippen LogP) is 2.82. The molecule has 4 N–H and O–H groups in total. The summed E-state index contributed by atoms with van der Waals surface area (Å²) >= 11 is 6.24. The van der Waals surface area contributed by atoms with Gasteiger partial charge in [0.25, 0.3) is 0 Å². The summed E-state index contributed by atoms with van der Waals surface area (Å²) in [5.41, 5.74) is 2.49. The van der Waals surface area contributed by atoms with Gasteiger partial charge in [-0.15, -0.1) is 0 Å². The van der Waals surface area contributed by atoms with Gasteiger partial charge in [-0.05, 0) is 23.8 Å². The maximum absolute atomic E-state index is 11.7. The second-order valence-electron chi connectivity index (χ2n) is 5.01. The fourth-order valence-corrected chi connectivity index (χ4v) is 2.23.